The Bertz CT molecular complexity index is 1610. The second kappa shape index (κ2) is 8.91. The number of para-hydroxylation sites is 1. The van der Waals surface area contributed by atoms with Crippen molar-refractivity contribution in [2.75, 3.05) is 22.9 Å². The zero-order valence-corrected chi connectivity index (χ0v) is 22.6. The van der Waals surface area contributed by atoms with Gasteiger partial charge in [-0.3, -0.25) is 0 Å². The Labute approximate surface area is 229 Å². The molecule has 0 amide bonds. The van der Waals surface area contributed by atoms with Crippen LogP contribution in [0, 0.1) is 0 Å². The first kappa shape index (κ1) is 23.8. The van der Waals surface area contributed by atoms with Crippen LogP contribution in [0.3, 0.4) is 0 Å². The van der Waals surface area contributed by atoms with E-state index in [1.165, 1.54) is 11.3 Å². The van der Waals surface area contributed by atoms with Crippen molar-refractivity contribution in [2.24, 2.45) is 0 Å². The maximum atomic E-state index is 13.3. The minimum absolute atomic E-state index is 0.306. The third kappa shape index (κ3) is 3.49. The SMILES string of the molecule is CCN(c1ccc2c(c1)Oc1ccc(N3CCCc4ccccc43)cc1C21OC(=O)c2ccccc21)C(C)C. The molecule has 3 aliphatic rings. The fourth-order valence-corrected chi connectivity index (χ4v) is 6.64. The van der Waals surface area contributed by atoms with Crippen LogP contribution in [-0.4, -0.2) is 25.1 Å². The minimum atomic E-state index is -1.07. The number of fused-ring (bicyclic) bond motifs is 7. The van der Waals surface area contributed by atoms with E-state index in [1.807, 2.05) is 30.3 Å². The van der Waals surface area contributed by atoms with Crippen LogP contribution in [0.4, 0.5) is 17.1 Å². The van der Waals surface area contributed by atoms with Gasteiger partial charge in [0.25, 0.3) is 0 Å². The number of benzene rings is 4. The molecule has 0 aliphatic carbocycles. The molecular weight excluding hydrogens is 484 g/mol. The Kier molecular flexibility index (Phi) is 5.44. The summed E-state index contributed by atoms with van der Waals surface area (Å²) in [6, 6.07) is 29.3. The van der Waals surface area contributed by atoms with E-state index in [4.69, 9.17) is 9.47 Å². The van der Waals surface area contributed by atoms with E-state index >= 15 is 0 Å². The van der Waals surface area contributed by atoms with Crippen molar-refractivity contribution in [1.29, 1.82) is 0 Å². The van der Waals surface area contributed by atoms with Gasteiger partial charge in [0.1, 0.15) is 11.5 Å². The van der Waals surface area contributed by atoms with Crippen LogP contribution in [-0.2, 0) is 16.8 Å². The third-order valence-electron chi connectivity index (χ3n) is 8.40. The Morgan fingerprint density at radius 2 is 1.72 bits per heavy atom. The Hall–Kier alpha value is -4.25. The molecule has 3 aliphatic heterocycles. The van der Waals surface area contributed by atoms with Gasteiger partial charge in [0.15, 0.2) is 5.60 Å². The molecule has 1 unspecified atom stereocenters. The quantitative estimate of drug-likeness (QED) is 0.262. The zero-order valence-electron chi connectivity index (χ0n) is 22.6. The van der Waals surface area contributed by atoms with E-state index in [-0.39, 0.29) is 5.97 Å². The van der Waals surface area contributed by atoms with E-state index in [0.717, 1.165) is 59.7 Å². The Morgan fingerprint density at radius 1 is 0.897 bits per heavy atom. The van der Waals surface area contributed by atoms with Gasteiger partial charge in [-0.15, -0.1) is 0 Å². The first-order chi connectivity index (χ1) is 19.0. The number of carbonyl (C=O) groups excluding carboxylic acids is 1. The molecule has 196 valence electrons. The van der Waals surface area contributed by atoms with Gasteiger partial charge >= 0.3 is 5.97 Å². The van der Waals surface area contributed by atoms with Crippen molar-refractivity contribution >= 4 is 23.0 Å². The molecule has 0 bridgehead atoms. The van der Waals surface area contributed by atoms with Gasteiger partial charge in [-0.2, -0.15) is 0 Å². The third-order valence-corrected chi connectivity index (χ3v) is 8.40. The van der Waals surface area contributed by atoms with Gasteiger partial charge in [-0.1, -0.05) is 36.4 Å². The lowest BCUT2D eigenvalue weighted by Crippen LogP contribution is -2.34. The number of carbonyl (C=O) groups is 1. The molecule has 1 atom stereocenters. The molecule has 5 heteroatoms. The van der Waals surface area contributed by atoms with Crippen LogP contribution in [0.5, 0.6) is 11.5 Å². The number of aryl methyl sites for hydroxylation is 1. The van der Waals surface area contributed by atoms with Gasteiger partial charge < -0.3 is 19.3 Å². The smallest absolute Gasteiger partial charge is 0.340 e. The molecule has 0 aromatic heterocycles. The van der Waals surface area contributed by atoms with Crippen LogP contribution in [0.1, 0.15) is 59.8 Å². The predicted molar refractivity (Wildman–Crippen MR) is 155 cm³/mol. The lowest BCUT2D eigenvalue weighted by atomic mass is 9.77. The monoisotopic (exact) mass is 516 g/mol. The molecule has 39 heavy (non-hydrogen) atoms. The van der Waals surface area contributed by atoms with Crippen LogP contribution in [0.25, 0.3) is 0 Å². The Morgan fingerprint density at radius 3 is 2.56 bits per heavy atom. The number of rotatable bonds is 4. The molecule has 5 nitrogen and oxygen atoms in total. The first-order valence-corrected chi connectivity index (χ1v) is 13.9. The summed E-state index contributed by atoms with van der Waals surface area (Å²) in [7, 11) is 0. The lowest BCUT2D eigenvalue weighted by Gasteiger charge is -2.39. The Balaban J connectivity index is 1.44. The van der Waals surface area contributed by atoms with Gasteiger partial charge in [0, 0.05) is 59.0 Å². The lowest BCUT2D eigenvalue weighted by molar-refractivity contribution is 0.0224. The van der Waals surface area contributed by atoms with Gasteiger partial charge in [-0.05, 0) is 81.6 Å². The summed E-state index contributed by atoms with van der Waals surface area (Å²) in [5.41, 5.74) is 6.85. The summed E-state index contributed by atoms with van der Waals surface area (Å²) in [5, 5.41) is 0. The summed E-state index contributed by atoms with van der Waals surface area (Å²) in [6.07, 6.45) is 2.17. The molecule has 0 radical (unpaired) electrons. The van der Waals surface area contributed by atoms with E-state index in [2.05, 4.69) is 85.2 Å². The maximum Gasteiger partial charge on any atom is 0.340 e. The van der Waals surface area contributed by atoms with Crippen molar-refractivity contribution in [2.45, 2.75) is 45.3 Å². The molecule has 1 spiro atoms. The molecular formula is C34H32N2O3. The molecule has 4 aromatic rings. The zero-order chi connectivity index (χ0) is 26.7. The topological polar surface area (TPSA) is 42.0 Å². The number of anilines is 3. The summed E-state index contributed by atoms with van der Waals surface area (Å²) in [4.78, 5) is 18.0. The van der Waals surface area contributed by atoms with Crippen LogP contribution in [0.2, 0.25) is 0 Å². The molecule has 0 saturated carbocycles. The van der Waals surface area contributed by atoms with Crippen molar-refractivity contribution in [1.82, 2.24) is 0 Å². The second-order valence-electron chi connectivity index (χ2n) is 10.8. The number of hydrogen-bond donors (Lipinski definition) is 0. The normalized spacial score (nSPS) is 18.7. The van der Waals surface area contributed by atoms with Crippen molar-refractivity contribution in [3.05, 3.63) is 113 Å². The molecule has 3 heterocycles. The largest absolute Gasteiger partial charge is 0.456 e. The summed E-state index contributed by atoms with van der Waals surface area (Å²) < 4.78 is 13.1. The highest BCUT2D eigenvalue weighted by molar-refractivity contribution is 5.97. The van der Waals surface area contributed by atoms with E-state index < -0.39 is 5.60 Å². The van der Waals surface area contributed by atoms with Crippen molar-refractivity contribution in [3.63, 3.8) is 0 Å². The van der Waals surface area contributed by atoms with Crippen LogP contribution < -0.4 is 14.5 Å². The van der Waals surface area contributed by atoms with E-state index in [0.29, 0.717) is 17.4 Å². The first-order valence-electron chi connectivity index (χ1n) is 13.9. The molecule has 0 N–H and O–H groups in total. The highest BCUT2D eigenvalue weighted by atomic mass is 16.6. The maximum absolute atomic E-state index is 13.3. The van der Waals surface area contributed by atoms with Crippen LogP contribution >= 0.6 is 0 Å². The molecule has 0 saturated heterocycles. The molecule has 4 aromatic carbocycles. The number of hydrogen-bond acceptors (Lipinski definition) is 5. The fourth-order valence-electron chi connectivity index (χ4n) is 6.64. The summed E-state index contributed by atoms with van der Waals surface area (Å²) >= 11 is 0. The molecule has 7 rings (SSSR count). The fraction of sp³-hybridized carbons (Fsp3) is 0.265. The average Bonchev–Trinajstić information content (AvgIpc) is 3.25. The standard InChI is InChI=1S/C34H32N2O3/c1-4-35(22(2)3)25-15-17-28-32(21-25)38-31-18-16-24(36-19-9-11-23-10-5-8-14-30(23)36)20-29(31)34(28)27-13-7-6-12-26(27)33(37)39-34/h5-8,10,12-18,20-22H,4,9,11,19H2,1-3H3. The average molecular weight is 517 g/mol. The van der Waals surface area contributed by atoms with Gasteiger partial charge in [0.05, 0.1) is 5.56 Å². The predicted octanol–water partition coefficient (Wildman–Crippen LogP) is 7.57. The highest BCUT2D eigenvalue weighted by Gasteiger charge is 2.53. The van der Waals surface area contributed by atoms with Crippen molar-refractivity contribution in [3.8, 4) is 11.5 Å². The minimum Gasteiger partial charge on any atom is -0.456 e. The number of esters is 1. The van der Waals surface area contributed by atoms with Gasteiger partial charge in [0.2, 0.25) is 0 Å². The summed E-state index contributed by atoms with van der Waals surface area (Å²) in [6.45, 7) is 8.36. The second-order valence-corrected chi connectivity index (χ2v) is 10.8. The van der Waals surface area contributed by atoms with Crippen molar-refractivity contribution < 1.29 is 14.3 Å². The van der Waals surface area contributed by atoms with E-state index in [1.54, 1.807) is 0 Å². The number of ether oxygens (including phenoxy) is 2. The highest BCUT2D eigenvalue weighted by Crippen LogP contribution is 2.57. The van der Waals surface area contributed by atoms with Gasteiger partial charge in [-0.25, -0.2) is 4.79 Å². The van der Waals surface area contributed by atoms with Crippen LogP contribution in [0.15, 0.2) is 84.9 Å². The van der Waals surface area contributed by atoms with E-state index in [9.17, 15) is 4.79 Å². The molecule has 0 fully saturated rings. The number of nitrogens with zero attached hydrogens (tertiary/aromatic N) is 2. The summed E-state index contributed by atoms with van der Waals surface area (Å²) in [5.74, 6) is 1.13.